The average Bonchev–Trinajstić information content (AvgIpc) is 3.05. The molecule has 2 aromatic heterocycles. The van der Waals surface area contributed by atoms with Crippen LogP contribution < -0.4 is 15.6 Å². The summed E-state index contributed by atoms with van der Waals surface area (Å²) in [7, 11) is 1.88. The van der Waals surface area contributed by atoms with Crippen LogP contribution in [0.25, 0.3) is 0 Å². The van der Waals surface area contributed by atoms with Crippen molar-refractivity contribution in [1.82, 2.24) is 19.7 Å². The van der Waals surface area contributed by atoms with Crippen LogP contribution in [0.3, 0.4) is 0 Å². The molecule has 31 heavy (non-hydrogen) atoms. The second-order valence-corrected chi connectivity index (χ2v) is 7.25. The van der Waals surface area contributed by atoms with Crippen molar-refractivity contribution in [1.29, 1.82) is 5.26 Å². The van der Waals surface area contributed by atoms with Gasteiger partial charge in [-0.2, -0.15) is 5.26 Å². The number of nitrogens with zero attached hydrogens (tertiary/aromatic N) is 4. The lowest BCUT2D eigenvalue weighted by Gasteiger charge is -2.11. The van der Waals surface area contributed by atoms with E-state index >= 15 is 0 Å². The molecule has 1 aromatic carbocycles. The molecule has 2 N–H and O–H groups in total. The van der Waals surface area contributed by atoms with E-state index in [0.717, 1.165) is 17.2 Å². The fraction of sp³-hybridized carbons (Fsp3) is 0.318. The number of anilines is 1. The Morgan fingerprint density at radius 1 is 1.23 bits per heavy atom. The summed E-state index contributed by atoms with van der Waals surface area (Å²) in [4.78, 5) is 26.9. The number of nitrogens with one attached hydrogen (secondary N) is 2. The van der Waals surface area contributed by atoms with Gasteiger partial charge in [0.15, 0.2) is 5.82 Å². The topological polar surface area (TPSA) is 126 Å². The Kier molecular flexibility index (Phi) is 6.50. The van der Waals surface area contributed by atoms with Gasteiger partial charge in [-0.1, -0.05) is 0 Å². The first kappa shape index (κ1) is 21.8. The van der Waals surface area contributed by atoms with Gasteiger partial charge in [0.05, 0.1) is 0 Å². The summed E-state index contributed by atoms with van der Waals surface area (Å²) in [6, 6.07) is 8.99. The first-order valence-corrected chi connectivity index (χ1v) is 9.80. The van der Waals surface area contributed by atoms with Gasteiger partial charge in [-0.25, -0.2) is 0 Å². The van der Waals surface area contributed by atoms with Crippen molar-refractivity contribution in [2.45, 2.75) is 40.2 Å². The molecule has 9 nitrogen and oxygen atoms in total. The summed E-state index contributed by atoms with van der Waals surface area (Å²) in [5.41, 5.74) is 2.45. The van der Waals surface area contributed by atoms with E-state index in [-0.39, 0.29) is 17.9 Å². The molecule has 0 bridgehead atoms. The SMILES string of the molecule is Cc1[nH]c(=O)c(C#N)c(C)c1CCC(=O)Nc1ccc(OCc2nnc(C)n2C)cc1. The minimum atomic E-state index is -0.401. The van der Waals surface area contributed by atoms with Gasteiger partial charge in [-0.15, -0.1) is 10.2 Å². The van der Waals surface area contributed by atoms with E-state index in [1.165, 1.54) is 0 Å². The minimum absolute atomic E-state index is 0.0908. The number of hydrogen-bond donors (Lipinski definition) is 2. The highest BCUT2D eigenvalue weighted by Gasteiger charge is 2.13. The Bertz CT molecular complexity index is 1200. The maximum Gasteiger partial charge on any atom is 0.266 e. The molecule has 160 valence electrons. The molecule has 0 spiro atoms. The van der Waals surface area contributed by atoms with Crippen LogP contribution in [0.2, 0.25) is 0 Å². The smallest absolute Gasteiger partial charge is 0.266 e. The third-order valence-electron chi connectivity index (χ3n) is 5.21. The molecule has 9 heteroatoms. The Hall–Kier alpha value is -3.93. The van der Waals surface area contributed by atoms with Gasteiger partial charge in [0.2, 0.25) is 5.91 Å². The van der Waals surface area contributed by atoms with Crippen LogP contribution in [0.4, 0.5) is 5.69 Å². The molecule has 0 atom stereocenters. The second kappa shape index (κ2) is 9.26. The van der Waals surface area contributed by atoms with Crippen molar-refractivity contribution in [2.75, 3.05) is 5.32 Å². The number of pyridine rings is 1. The summed E-state index contributed by atoms with van der Waals surface area (Å²) >= 11 is 0. The fourth-order valence-corrected chi connectivity index (χ4v) is 3.24. The molecular weight excluding hydrogens is 396 g/mol. The Morgan fingerprint density at radius 3 is 2.55 bits per heavy atom. The van der Waals surface area contributed by atoms with Gasteiger partial charge in [0, 0.05) is 24.8 Å². The Balaban J connectivity index is 1.56. The number of aryl methyl sites for hydroxylation is 2. The Labute approximate surface area is 179 Å². The summed E-state index contributed by atoms with van der Waals surface area (Å²) < 4.78 is 7.58. The van der Waals surface area contributed by atoms with E-state index in [9.17, 15) is 9.59 Å². The van der Waals surface area contributed by atoms with Crippen molar-refractivity contribution < 1.29 is 9.53 Å². The lowest BCUT2D eigenvalue weighted by molar-refractivity contribution is -0.116. The number of ether oxygens (including phenoxy) is 1. The summed E-state index contributed by atoms with van der Waals surface area (Å²) in [5.74, 6) is 2.03. The molecular formula is C22H24N6O3. The van der Waals surface area contributed by atoms with E-state index < -0.39 is 5.56 Å². The number of nitriles is 1. The molecule has 0 unspecified atom stereocenters. The van der Waals surface area contributed by atoms with Crippen molar-refractivity contribution >= 4 is 11.6 Å². The molecule has 0 saturated carbocycles. The zero-order valence-corrected chi connectivity index (χ0v) is 17.9. The predicted octanol–water partition coefficient (Wildman–Crippen LogP) is 2.45. The van der Waals surface area contributed by atoms with Gasteiger partial charge >= 0.3 is 0 Å². The number of H-pyrrole nitrogens is 1. The largest absolute Gasteiger partial charge is 0.486 e. The number of amides is 1. The van der Waals surface area contributed by atoms with E-state index in [2.05, 4.69) is 20.5 Å². The molecule has 0 aliphatic carbocycles. The van der Waals surface area contributed by atoms with Crippen LogP contribution in [0, 0.1) is 32.1 Å². The molecule has 3 aromatic rings. The Morgan fingerprint density at radius 2 is 1.94 bits per heavy atom. The van der Waals surface area contributed by atoms with E-state index in [0.29, 0.717) is 35.7 Å². The molecule has 0 aliphatic heterocycles. The van der Waals surface area contributed by atoms with Crippen molar-refractivity contribution in [2.24, 2.45) is 7.05 Å². The van der Waals surface area contributed by atoms with Crippen LogP contribution >= 0.6 is 0 Å². The summed E-state index contributed by atoms with van der Waals surface area (Å²) in [6.07, 6.45) is 0.648. The first-order valence-electron chi connectivity index (χ1n) is 9.80. The highest BCUT2D eigenvalue weighted by Crippen LogP contribution is 2.18. The van der Waals surface area contributed by atoms with E-state index in [1.54, 1.807) is 38.1 Å². The van der Waals surface area contributed by atoms with E-state index in [1.807, 2.05) is 24.6 Å². The van der Waals surface area contributed by atoms with Crippen molar-refractivity contribution in [3.63, 3.8) is 0 Å². The van der Waals surface area contributed by atoms with Crippen LogP contribution in [0.5, 0.6) is 5.75 Å². The standard InChI is InChI=1S/C22H24N6O3/c1-13-18(14(2)24-22(30)19(13)11-23)9-10-21(29)25-16-5-7-17(8-6-16)31-12-20-27-26-15(3)28(20)4/h5-8H,9-10,12H2,1-4H3,(H,24,30)(H,25,29). The van der Waals surface area contributed by atoms with Gasteiger partial charge in [-0.05, 0) is 62.6 Å². The number of hydrogen-bond acceptors (Lipinski definition) is 6. The normalized spacial score (nSPS) is 10.5. The monoisotopic (exact) mass is 420 g/mol. The lowest BCUT2D eigenvalue weighted by Crippen LogP contribution is -2.18. The van der Waals surface area contributed by atoms with Gasteiger partial charge in [0.1, 0.15) is 29.8 Å². The van der Waals surface area contributed by atoms with Crippen LogP contribution in [-0.4, -0.2) is 25.7 Å². The third-order valence-corrected chi connectivity index (χ3v) is 5.21. The highest BCUT2D eigenvalue weighted by molar-refractivity contribution is 5.90. The van der Waals surface area contributed by atoms with Crippen molar-refractivity contribution in [3.8, 4) is 11.8 Å². The van der Waals surface area contributed by atoms with Gasteiger partial charge < -0.3 is 19.6 Å². The van der Waals surface area contributed by atoms with Gasteiger partial charge in [-0.3, -0.25) is 9.59 Å². The lowest BCUT2D eigenvalue weighted by atomic mass is 9.99. The number of rotatable bonds is 7. The van der Waals surface area contributed by atoms with Crippen LogP contribution in [0.15, 0.2) is 29.1 Å². The molecule has 0 saturated heterocycles. The number of benzene rings is 1. The molecule has 2 heterocycles. The minimum Gasteiger partial charge on any atom is -0.486 e. The average molecular weight is 420 g/mol. The number of carbonyl (C=O) groups is 1. The molecule has 1 amide bonds. The molecule has 0 radical (unpaired) electrons. The first-order chi connectivity index (χ1) is 14.8. The van der Waals surface area contributed by atoms with Gasteiger partial charge in [0.25, 0.3) is 5.56 Å². The number of aromatic amines is 1. The van der Waals surface area contributed by atoms with Crippen molar-refractivity contribution in [3.05, 3.63) is 68.7 Å². The number of aromatic nitrogens is 4. The fourth-order valence-electron chi connectivity index (χ4n) is 3.24. The zero-order valence-electron chi connectivity index (χ0n) is 17.9. The molecule has 0 fully saturated rings. The third kappa shape index (κ3) is 4.98. The van der Waals surface area contributed by atoms with E-state index in [4.69, 9.17) is 10.00 Å². The zero-order chi connectivity index (χ0) is 22.5. The maximum atomic E-state index is 12.4. The predicted molar refractivity (Wildman–Crippen MR) is 115 cm³/mol. The summed E-state index contributed by atoms with van der Waals surface area (Å²) in [6.45, 7) is 5.67. The highest BCUT2D eigenvalue weighted by atomic mass is 16.5. The van der Waals surface area contributed by atoms with Crippen LogP contribution in [0.1, 0.15) is 40.5 Å². The molecule has 0 aliphatic rings. The summed E-state index contributed by atoms with van der Waals surface area (Å²) in [5, 5.41) is 20.1. The maximum absolute atomic E-state index is 12.4. The second-order valence-electron chi connectivity index (χ2n) is 7.25. The molecule has 3 rings (SSSR count). The van der Waals surface area contributed by atoms with Crippen LogP contribution in [-0.2, 0) is 24.9 Å². The quantitative estimate of drug-likeness (QED) is 0.605. The number of carbonyl (C=O) groups excluding carboxylic acids is 1.